The first kappa shape index (κ1) is 15.0. The van der Waals surface area contributed by atoms with Crippen LogP contribution in [0.4, 0.5) is 10.1 Å². The van der Waals surface area contributed by atoms with Gasteiger partial charge >= 0.3 is 5.69 Å². The third kappa shape index (κ3) is 3.40. The van der Waals surface area contributed by atoms with Crippen molar-refractivity contribution < 1.29 is 14.1 Å². The number of nitrogens with one attached hydrogen (secondary N) is 1. The quantitative estimate of drug-likeness (QED) is 0.695. The van der Waals surface area contributed by atoms with Crippen molar-refractivity contribution in [3.63, 3.8) is 0 Å². The molecule has 0 fully saturated rings. The van der Waals surface area contributed by atoms with Crippen LogP contribution >= 0.6 is 11.3 Å². The number of nitrogens with zero attached hydrogens (tertiary/aromatic N) is 2. The van der Waals surface area contributed by atoms with Gasteiger partial charge in [0.15, 0.2) is 0 Å². The minimum Gasteiger partial charge on any atom is -0.343 e. The monoisotopic (exact) mass is 309 g/mol. The maximum Gasteiger partial charge on any atom is 0.304 e. The highest BCUT2D eigenvalue weighted by Gasteiger charge is 2.18. The van der Waals surface area contributed by atoms with Crippen LogP contribution in [-0.4, -0.2) is 15.8 Å². The molecule has 110 valence electrons. The first-order chi connectivity index (χ1) is 9.88. The molecule has 1 amide bonds. The van der Waals surface area contributed by atoms with E-state index in [9.17, 15) is 19.3 Å². The van der Waals surface area contributed by atoms with E-state index >= 15 is 0 Å². The summed E-state index contributed by atoms with van der Waals surface area (Å²) in [6, 6.07) is 2.72. The number of amides is 1. The molecular formula is C13H12FN3O3S. The first-order valence-corrected chi connectivity index (χ1v) is 6.93. The van der Waals surface area contributed by atoms with Crippen LogP contribution in [0.15, 0.2) is 23.6 Å². The molecule has 0 saturated carbocycles. The Morgan fingerprint density at radius 1 is 1.52 bits per heavy atom. The molecule has 0 aliphatic heterocycles. The van der Waals surface area contributed by atoms with Crippen LogP contribution < -0.4 is 5.32 Å². The second-order valence-electron chi connectivity index (χ2n) is 4.45. The highest BCUT2D eigenvalue weighted by Crippen LogP contribution is 2.20. The predicted molar refractivity (Wildman–Crippen MR) is 75.8 cm³/mol. The number of hydrogen-bond donors (Lipinski definition) is 1. The largest absolute Gasteiger partial charge is 0.343 e. The Kier molecular flexibility index (Phi) is 4.27. The summed E-state index contributed by atoms with van der Waals surface area (Å²) < 4.78 is 13.5. The van der Waals surface area contributed by atoms with E-state index in [-0.39, 0.29) is 11.6 Å². The van der Waals surface area contributed by atoms with E-state index < -0.39 is 22.3 Å². The van der Waals surface area contributed by atoms with E-state index in [2.05, 4.69) is 10.3 Å². The van der Waals surface area contributed by atoms with Crippen LogP contribution in [0, 0.1) is 22.9 Å². The summed E-state index contributed by atoms with van der Waals surface area (Å²) in [4.78, 5) is 25.9. The molecule has 1 aromatic heterocycles. The zero-order chi connectivity index (χ0) is 15.6. The predicted octanol–water partition coefficient (Wildman–Crippen LogP) is 2.99. The lowest BCUT2D eigenvalue weighted by atomic mass is 10.1. The molecule has 1 N–H and O–H groups in total. The number of carbonyl (C=O) groups is 1. The fourth-order valence-electron chi connectivity index (χ4n) is 1.71. The summed E-state index contributed by atoms with van der Waals surface area (Å²) in [6.07, 6.45) is 0. The molecule has 1 aromatic carbocycles. The van der Waals surface area contributed by atoms with Gasteiger partial charge in [0.05, 0.1) is 11.0 Å². The van der Waals surface area contributed by atoms with Crippen molar-refractivity contribution in [2.24, 2.45) is 0 Å². The number of aryl methyl sites for hydroxylation is 1. The fraction of sp³-hybridized carbons (Fsp3) is 0.231. The van der Waals surface area contributed by atoms with Gasteiger partial charge < -0.3 is 5.32 Å². The molecule has 0 spiro atoms. The highest BCUT2D eigenvalue weighted by atomic mass is 32.1. The van der Waals surface area contributed by atoms with Gasteiger partial charge in [-0.25, -0.2) is 4.98 Å². The number of rotatable bonds is 4. The van der Waals surface area contributed by atoms with E-state index in [1.807, 2.05) is 12.3 Å². The topological polar surface area (TPSA) is 85.1 Å². The number of nitro groups is 1. The van der Waals surface area contributed by atoms with E-state index in [1.54, 1.807) is 6.92 Å². The number of halogens is 1. The SMILES string of the molecule is Cc1csc(C(C)NC(=O)c2ccc([N+](=O)[O-])c(F)c2)n1. The summed E-state index contributed by atoms with van der Waals surface area (Å²) in [6.45, 7) is 3.61. The van der Waals surface area contributed by atoms with Gasteiger partial charge in [0.2, 0.25) is 5.82 Å². The van der Waals surface area contributed by atoms with Crippen LogP contribution in [-0.2, 0) is 0 Å². The number of nitro benzene ring substituents is 1. The molecule has 0 radical (unpaired) electrons. The third-order valence-electron chi connectivity index (χ3n) is 2.76. The molecule has 0 aliphatic rings. The van der Waals surface area contributed by atoms with Crippen molar-refractivity contribution in [1.82, 2.24) is 10.3 Å². The van der Waals surface area contributed by atoms with E-state index in [4.69, 9.17) is 0 Å². The fourth-order valence-corrected chi connectivity index (χ4v) is 2.51. The molecule has 2 rings (SSSR count). The Morgan fingerprint density at radius 2 is 2.24 bits per heavy atom. The highest BCUT2D eigenvalue weighted by molar-refractivity contribution is 7.09. The molecule has 1 unspecified atom stereocenters. The van der Waals surface area contributed by atoms with Gasteiger partial charge in [-0.1, -0.05) is 0 Å². The van der Waals surface area contributed by atoms with Gasteiger partial charge in [-0.2, -0.15) is 4.39 Å². The Labute approximate surface area is 123 Å². The molecule has 21 heavy (non-hydrogen) atoms. The lowest BCUT2D eigenvalue weighted by Crippen LogP contribution is -2.26. The summed E-state index contributed by atoms with van der Waals surface area (Å²) in [5.41, 5.74) is 0.228. The van der Waals surface area contributed by atoms with Crippen molar-refractivity contribution in [3.8, 4) is 0 Å². The first-order valence-electron chi connectivity index (χ1n) is 6.05. The van der Waals surface area contributed by atoms with Crippen LogP contribution in [0.1, 0.15) is 34.0 Å². The minimum absolute atomic E-state index is 0.0261. The Morgan fingerprint density at radius 3 is 2.76 bits per heavy atom. The smallest absolute Gasteiger partial charge is 0.304 e. The molecule has 1 atom stereocenters. The van der Waals surface area contributed by atoms with Gasteiger partial charge in [0.1, 0.15) is 5.01 Å². The maximum atomic E-state index is 13.5. The second kappa shape index (κ2) is 5.96. The number of thiazole rings is 1. The normalized spacial score (nSPS) is 12.0. The number of carbonyl (C=O) groups excluding carboxylic acids is 1. The van der Waals surface area contributed by atoms with Crippen molar-refractivity contribution in [2.45, 2.75) is 19.9 Å². The average Bonchev–Trinajstić information content (AvgIpc) is 2.84. The van der Waals surface area contributed by atoms with Crippen molar-refractivity contribution in [1.29, 1.82) is 0 Å². The number of aromatic nitrogens is 1. The van der Waals surface area contributed by atoms with Crippen LogP contribution in [0.3, 0.4) is 0 Å². The van der Waals surface area contributed by atoms with Crippen LogP contribution in [0.5, 0.6) is 0 Å². The average molecular weight is 309 g/mol. The van der Waals surface area contributed by atoms with Crippen LogP contribution in [0.25, 0.3) is 0 Å². The summed E-state index contributed by atoms with van der Waals surface area (Å²) in [5.74, 6) is -1.55. The minimum atomic E-state index is -1.04. The zero-order valence-electron chi connectivity index (χ0n) is 11.3. The van der Waals surface area contributed by atoms with Gasteiger partial charge in [-0.15, -0.1) is 11.3 Å². The molecule has 8 heteroatoms. The Bertz CT molecular complexity index is 702. The summed E-state index contributed by atoms with van der Waals surface area (Å²) >= 11 is 1.42. The molecule has 0 saturated heterocycles. The van der Waals surface area contributed by atoms with Crippen molar-refractivity contribution >= 4 is 22.9 Å². The summed E-state index contributed by atoms with van der Waals surface area (Å²) in [7, 11) is 0. The second-order valence-corrected chi connectivity index (χ2v) is 5.34. The van der Waals surface area contributed by atoms with Gasteiger partial charge in [0, 0.05) is 22.7 Å². The number of hydrogen-bond acceptors (Lipinski definition) is 5. The Hall–Kier alpha value is -2.35. The maximum absolute atomic E-state index is 13.5. The summed E-state index contributed by atoms with van der Waals surface area (Å²) in [5, 5.41) is 15.8. The Balaban J connectivity index is 2.13. The molecule has 0 aliphatic carbocycles. The number of benzene rings is 1. The lowest BCUT2D eigenvalue weighted by Gasteiger charge is -2.11. The van der Waals surface area contributed by atoms with E-state index in [1.165, 1.54) is 17.4 Å². The molecular weight excluding hydrogens is 297 g/mol. The molecule has 6 nitrogen and oxygen atoms in total. The molecule has 0 bridgehead atoms. The van der Waals surface area contributed by atoms with E-state index in [0.717, 1.165) is 22.8 Å². The zero-order valence-corrected chi connectivity index (χ0v) is 12.1. The van der Waals surface area contributed by atoms with Crippen molar-refractivity contribution in [2.75, 3.05) is 0 Å². The van der Waals surface area contributed by atoms with E-state index in [0.29, 0.717) is 0 Å². The van der Waals surface area contributed by atoms with Crippen LogP contribution in [0.2, 0.25) is 0 Å². The standard InChI is InChI=1S/C13H12FN3O3S/c1-7-6-21-13(15-7)8(2)16-12(18)9-3-4-11(17(19)20)10(14)5-9/h3-6,8H,1-2H3,(H,16,18). The van der Waals surface area contributed by atoms with Gasteiger partial charge in [-0.05, 0) is 26.0 Å². The van der Waals surface area contributed by atoms with Crippen molar-refractivity contribution in [3.05, 3.63) is 55.8 Å². The van der Waals surface area contributed by atoms with Gasteiger partial charge in [0.25, 0.3) is 5.91 Å². The lowest BCUT2D eigenvalue weighted by molar-refractivity contribution is -0.387. The molecule has 2 aromatic rings. The third-order valence-corrected chi connectivity index (χ3v) is 3.91. The molecule has 1 heterocycles. The van der Waals surface area contributed by atoms with Gasteiger partial charge in [-0.3, -0.25) is 14.9 Å².